The highest BCUT2D eigenvalue weighted by molar-refractivity contribution is 7.20. The molecule has 166 valence electrons. The molecule has 0 bridgehead atoms. The number of rotatable bonds is 7. The van der Waals surface area contributed by atoms with E-state index in [4.69, 9.17) is 18.9 Å². The molecule has 2 heterocycles. The average Bonchev–Trinajstić information content (AvgIpc) is 3.39. The summed E-state index contributed by atoms with van der Waals surface area (Å²) in [5, 5.41) is 8.45. The lowest BCUT2D eigenvalue weighted by molar-refractivity contribution is 0.103. The van der Waals surface area contributed by atoms with Gasteiger partial charge in [-0.1, -0.05) is 0 Å². The highest BCUT2D eigenvalue weighted by Gasteiger charge is 2.20. The zero-order valence-corrected chi connectivity index (χ0v) is 19.2. The first kappa shape index (κ1) is 21.5. The first-order chi connectivity index (χ1) is 15.5. The van der Waals surface area contributed by atoms with Crippen molar-refractivity contribution >= 4 is 33.1 Å². The summed E-state index contributed by atoms with van der Waals surface area (Å²) in [4.78, 5) is 14.4. The van der Waals surface area contributed by atoms with Crippen LogP contribution in [0.2, 0.25) is 0 Å². The topological polar surface area (TPSA) is 83.8 Å². The molecule has 9 heteroatoms. The molecule has 0 unspecified atom stereocenters. The van der Waals surface area contributed by atoms with Crippen LogP contribution in [0, 0.1) is 0 Å². The summed E-state index contributed by atoms with van der Waals surface area (Å²) in [6.07, 6.45) is 0. The van der Waals surface area contributed by atoms with Gasteiger partial charge in [-0.3, -0.25) is 9.48 Å². The number of carbonyl (C=O) groups is 1. The van der Waals surface area contributed by atoms with Gasteiger partial charge in [0.1, 0.15) is 22.0 Å². The molecule has 0 aliphatic rings. The first-order valence-corrected chi connectivity index (χ1v) is 10.5. The van der Waals surface area contributed by atoms with E-state index in [1.165, 1.54) is 11.3 Å². The zero-order chi connectivity index (χ0) is 22.8. The Bertz CT molecular complexity index is 1290. The smallest absolute Gasteiger partial charge is 0.265 e. The van der Waals surface area contributed by atoms with Gasteiger partial charge in [-0.2, -0.15) is 5.10 Å². The Balaban J connectivity index is 1.69. The van der Waals surface area contributed by atoms with Crippen molar-refractivity contribution in [2.45, 2.75) is 0 Å². The van der Waals surface area contributed by atoms with Crippen LogP contribution in [0.5, 0.6) is 23.0 Å². The molecule has 0 radical (unpaired) electrons. The standard InChI is InChI=1S/C23H23N3O5S/c1-26-23-15(21(25-26)13-6-9-17(29-3)19(10-13)31-5)12-20(32-23)22(27)24-16-8-7-14(28-2)11-18(16)30-4/h6-12H,1-5H3,(H,24,27). The minimum atomic E-state index is -0.229. The number of methoxy groups -OCH3 is 4. The number of carbonyl (C=O) groups excluding carboxylic acids is 1. The summed E-state index contributed by atoms with van der Waals surface area (Å²) < 4.78 is 23.1. The Morgan fingerprint density at radius 3 is 2.34 bits per heavy atom. The van der Waals surface area contributed by atoms with Crippen molar-refractivity contribution in [1.82, 2.24) is 9.78 Å². The lowest BCUT2D eigenvalue weighted by atomic mass is 10.1. The van der Waals surface area contributed by atoms with Crippen LogP contribution in [0.1, 0.15) is 9.67 Å². The van der Waals surface area contributed by atoms with Crippen LogP contribution in [0.25, 0.3) is 21.5 Å². The molecular weight excluding hydrogens is 430 g/mol. The van der Waals surface area contributed by atoms with Crippen molar-refractivity contribution in [3.63, 3.8) is 0 Å². The number of aryl methyl sites for hydroxylation is 1. The van der Waals surface area contributed by atoms with Gasteiger partial charge in [-0.05, 0) is 36.4 Å². The van der Waals surface area contributed by atoms with E-state index in [2.05, 4.69) is 10.4 Å². The number of ether oxygens (including phenoxy) is 4. The van der Waals surface area contributed by atoms with E-state index >= 15 is 0 Å². The van der Waals surface area contributed by atoms with Crippen LogP contribution in [0.4, 0.5) is 5.69 Å². The molecule has 0 saturated heterocycles. The Hall–Kier alpha value is -3.72. The fourth-order valence-electron chi connectivity index (χ4n) is 3.44. The lowest BCUT2D eigenvalue weighted by Crippen LogP contribution is -2.11. The molecule has 1 amide bonds. The van der Waals surface area contributed by atoms with E-state index in [-0.39, 0.29) is 5.91 Å². The maximum atomic E-state index is 13.0. The Morgan fingerprint density at radius 2 is 1.66 bits per heavy atom. The second-order valence-corrected chi connectivity index (χ2v) is 7.92. The number of anilines is 1. The molecule has 0 saturated carbocycles. The second kappa shape index (κ2) is 8.80. The number of amides is 1. The lowest BCUT2D eigenvalue weighted by Gasteiger charge is -2.11. The monoisotopic (exact) mass is 453 g/mol. The summed E-state index contributed by atoms with van der Waals surface area (Å²) in [7, 11) is 8.17. The van der Waals surface area contributed by atoms with Crippen molar-refractivity contribution in [1.29, 1.82) is 0 Å². The summed E-state index contributed by atoms with van der Waals surface area (Å²) in [6.45, 7) is 0. The summed E-state index contributed by atoms with van der Waals surface area (Å²) in [5.74, 6) is 2.19. The molecule has 2 aromatic heterocycles. The molecule has 0 atom stereocenters. The number of nitrogens with one attached hydrogen (secondary N) is 1. The molecule has 2 aromatic carbocycles. The van der Waals surface area contributed by atoms with Gasteiger partial charge in [-0.25, -0.2) is 0 Å². The van der Waals surface area contributed by atoms with Crippen LogP contribution >= 0.6 is 11.3 Å². The summed E-state index contributed by atoms with van der Waals surface area (Å²) in [6, 6.07) is 12.7. The maximum absolute atomic E-state index is 13.0. The van der Waals surface area contributed by atoms with Gasteiger partial charge in [0.05, 0.1) is 39.0 Å². The van der Waals surface area contributed by atoms with E-state index in [9.17, 15) is 4.79 Å². The van der Waals surface area contributed by atoms with E-state index in [1.807, 2.05) is 31.3 Å². The Labute approximate surface area is 189 Å². The second-order valence-electron chi connectivity index (χ2n) is 6.89. The number of thiophene rings is 1. The van der Waals surface area contributed by atoms with Crippen LogP contribution < -0.4 is 24.3 Å². The molecule has 32 heavy (non-hydrogen) atoms. The Kier molecular flexibility index (Phi) is 5.91. The van der Waals surface area contributed by atoms with Gasteiger partial charge in [0.25, 0.3) is 5.91 Å². The van der Waals surface area contributed by atoms with Crippen molar-refractivity contribution in [2.75, 3.05) is 33.8 Å². The van der Waals surface area contributed by atoms with Gasteiger partial charge in [0.2, 0.25) is 0 Å². The molecule has 8 nitrogen and oxygen atoms in total. The number of hydrogen-bond donors (Lipinski definition) is 1. The van der Waals surface area contributed by atoms with Crippen LogP contribution in [-0.4, -0.2) is 44.1 Å². The maximum Gasteiger partial charge on any atom is 0.265 e. The van der Waals surface area contributed by atoms with Gasteiger partial charge in [-0.15, -0.1) is 11.3 Å². The van der Waals surface area contributed by atoms with Gasteiger partial charge < -0.3 is 24.3 Å². The normalized spacial score (nSPS) is 10.8. The van der Waals surface area contributed by atoms with Gasteiger partial charge >= 0.3 is 0 Å². The van der Waals surface area contributed by atoms with E-state index in [1.54, 1.807) is 51.3 Å². The quantitative estimate of drug-likeness (QED) is 0.441. The largest absolute Gasteiger partial charge is 0.497 e. The predicted octanol–water partition coefficient (Wildman–Crippen LogP) is 4.59. The molecule has 0 spiro atoms. The molecule has 0 fully saturated rings. The summed E-state index contributed by atoms with van der Waals surface area (Å²) in [5.41, 5.74) is 2.20. The number of hydrogen-bond acceptors (Lipinski definition) is 7. The number of benzene rings is 2. The molecular formula is C23H23N3O5S. The van der Waals surface area contributed by atoms with Crippen LogP contribution in [-0.2, 0) is 7.05 Å². The molecule has 4 rings (SSSR count). The minimum Gasteiger partial charge on any atom is -0.497 e. The third kappa shape index (κ3) is 3.82. The molecule has 1 N–H and O–H groups in total. The minimum absolute atomic E-state index is 0.229. The average molecular weight is 454 g/mol. The van der Waals surface area contributed by atoms with Crippen LogP contribution in [0.3, 0.4) is 0 Å². The van der Waals surface area contributed by atoms with Crippen molar-refractivity contribution in [2.24, 2.45) is 7.05 Å². The van der Waals surface area contributed by atoms with Crippen molar-refractivity contribution < 1.29 is 23.7 Å². The molecule has 0 aliphatic carbocycles. The first-order valence-electron chi connectivity index (χ1n) is 9.71. The number of fused-ring (bicyclic) bond motifs is 1. The number of aromatic nitrogens is 2. The van der Waals surface area contributed by atoms with Gasteiger partial charge in [0, 0.05) is 24.1 Å². The van der Waals surface area contributed by atoms with Crippen LogP contribution in [0.15, 0.2) is 42.5 Å². The third-order valence-corrected chi connectivity index (χ3v) is 6.25. The number of nitrogens with zero attached hydrogens (tertiary/aromatic N) is 2. The fraction of sp³-hybridized carbons (Fsp3) is 0.217. The highest BCUT2D eigenvalue weighted by Crippen LogP contribution is 2.38. The van der Waals surface area contributed by atoms with E-state index in [0.29, 0.717) is 33.6 Å². The van der Waals surface area contributed by atoms with Crippen molar-refractivity contribution in [3.8, 4) is 34.3 Å². The zero-order valence-electron chi connectivity index (χ0n) is 18.4. The Morgan fingerprint density at radius 1 is 0.906 bits per heavy atom. The summed E-state index contributed by atoms with van der Waals surface area (Å²) >= 11 is 1.37. The van der Waals surface area contributed by atoms with Gasteiger partial charge in [0.15, 0.2) is 11.5 Å². The van der Waals surface area contributed by atoms with Crippen molar-refractivity contribution in [3.05, 3.63) is 47.3 Å². The third-order valence-electron chi connectivity index (χ3n) is 5.05. The predicted molar refractivity (Wildman–Crippen MR) is 125 cm³/mol. The van der Waals surface area contributed by atoms with E-state index in [0.717, 1.165) is 21.5 Å². The van der Waals surface area contributed by atoms with E-state index < -0.39 is 0 Å². The fourth-order valence-corrected chi connectivity index (χ4v) is 4.40. The molecule has 4 aromatic rings. The highest BCUT2D eigenvalue weighted by atomic mass is 32.1. The molecule has 0 aliphatic heterocycles. The SMILES string of the molecule is COc1ccc(NC(=O)c2cc3c(-c4ccc(OC)c(OC)c4)nn(C)c3s2)c(OC)c1.